The third-order valence-electron chi connectivity index (χ3n) is 4.89. The first-order valence-corrected chi connectivity index (χ1v) is 12.2. The van der Waals surface area contributed by atoms with E-state index < -0.39 is 0 Å². The van der Waals surface area contributed by atoms with Gasteiger partial charge in [-0.05, 0) is 58.7 Å². The Labute approximate surface area is 185 Å². The molecule has 0 saturated heterocycles. The molecule has 0 amide bonds. The Kier molecular flexibility index (Phi) is 6.00. The van der Waals surface area contributed by atoms with Gasteiger partial charge in [0.1, 0.15) is 11.6 Å². The Hall–Kier alpha value is -1.82. The Morgan fingerprint density at radius 2 is 1.34 bits per heavy atom. The van der Waals surface area contributed by atoms with Crippen LogP contribution < -0.4 is 0 Å². The molecule has 0 atom stereocenters. The monoisotopic (exact) mass is 486 g/mol. The summed E-state index contributed by atoms with van der Waals surface area (Å²) in [4.78, 5) is 1.89. The van der Waals surface area contributed by atoms with Crippen LogP contribution in [0.25, 0.3) is 33.0 Å². The van der Waals surface area contributed by atoms with Crippen molar-refractivity contribution in [3.8, 4) is 22.3 Å². The summed E-state index contributed by atoms with van der Waals surface area (Å²) in [6.45, 7) is 0. The lowest BCUT2D eigenvalue weighted by Gasteiger charge is -2.18. The summed E-state index contributed by atoms with van der Waals surface area (Å²) in [7, 11) is 0. The zero-order chi connectivity index (χ0) is 20.5. The van der Waals surface area contributed by atoms with E-state index in [4.69, 9.17) is 0 Å². The minimum Gasteiger partial charge on any atom is -0.206 e. The maximum Gasteiger partial charge on any atom is 0.131 e. The maximum absolute atomic E-state index is 15.0. The van der Waals surface area contributed by atoms with Crippen LogP contribution in [0.3, 0.4) is 0 Å². The second-order valence-electron chi connectivity index (χ2n) is 6.49. The van der Waals surface area contributed by atoms with Crippen LogP contribution >= 0.6 is 39.5 Å². The lowest BCUT2D eigenvalue weighted by molar-refractivity contribution is 0.630. The highest BCUT2D eigenvalue weighted by Gasteiger charge is 2.20. The molecule has 4 aromatic rings. The van der Waals surface area contributed by atoms with Gasteiger partial charge in [0.15, 0.2) is 0 Å². The highest BCUT2D eigenvalue weighted by atomic mass is 79.9. The van der Waals surface area contributed by atoms with Crippen LogP contribution in [0.2, 0.25) is 0 Å². The van der Waals surface area contributed by atoms with E-state index in [1.54, 1.807) is 41.7 Å². The topological polar surface area (TPSA) is 0 Å². The number of hydrogen-bond acceptors (Lipinski definition) is 2. The highest BCUT2D eigenvalue weighted by Crippen LogP contribution is 2.46. The maximum atomic E-state index is 15.0. The normalized spacial score (nSPS) is 11.2. The van der Waals surface area contributed by atoms with Crippen molar-refractivity contribution in [1.29, 1.82) is 0 Å². The molecule has 0 N–H and O–H groups in total. The molecule has 0 bridgehead atoms. The van der Waals surface area contributed by atoms with Gasteiger partial charge in [0.2, 0.25) is 0 Å². The molecule has 0 aliphatic rings. The average Bonchev–Trinajstić information content (AvgIpc) is 2.74. The van der Waals surface area contributed by atoms with Crippen LogP contribution in [0.5, 0.6) is 0 Å². The van der Waals surface area contributed by atoms with Crippen LogP contribution in [0, 0.1) is 11.6 Å². The average molecular weight is 487 g/mol. The van der Waals surface area contributed by atoms with E-state index >= 15 is 4.39 Å². The van der Waals surface area contributed by atoms with E-state index in [-0.39, 0.29) is 11.6 Å². The van der Waals surface area contributed by atoms with E-state index in [2.05, 4.69) is 15.9 Å². The smallest absolute Gasteiger partial charge is 0.131 e. The largest absolute Gasteiger partial charge is 0.206 e. The summed E-state index contributed by atoms with van der Waals surface area (Å²) in [6, 6.07) is 19.8. The molecule has 0 saturated carbocycles. The van der Waals surface area contributed by atoms with E-state index in [1.165, 1.54) is 12.1 Å². The zero-order valence-corrected chi connectivity index (χ0v) is 19.0. The molecular formula is C24H17BrF2S2. The van der Waals surface area contributed by atoms with E-state index in [1.807, 2.05) is 48.9 Å². The van der Waals surface area contributed by atoms with Crippen LogP contribution in [0.4, 0.5) is 8.78 Å². The van der Waals surface area contributed by atoms with Crippen molar-refractivity contribution in [3.63, 3.8) is 0 Å². The van der Waals surface area contributed by atoms with Crippen LogP contribution in [0.1, 0.15) is 0 Å². The summed E-state index contributed by atoms with van der Waals surface area (Å²) in [6.07, 6.45) is 3.94. The number of halogens is 3. The van der Waals surface area contributed by atoms with Crippen LogP contribution in [-0.4, -0.2) is 12.5 Å². The third-order valence-corrected chi connectivity index (χ3v) is 7.17. The van der Waals surface area contributed by atoms with Crippen molar-refractivity contribution in [3.05, 3.63) is 82.8 Å². The fourth-order valence-corrected chi connectivity index (χ4v) is 5.84. The van der Waals surface area contributed by atoms with Gasteiger partial charge in [-0.2, -0.15) is 0 Å². The summed E-state index contributed by atoms with van der Waals surface area (Å²) >= 11 is 6.54. The predicted octanol–water partition coefficient (Wildman–Crippen LogP) is 8.66. The van der Waals surface area contributed by atoms with Crippen molar-refractivity contribution < 1.29 is 8.78 Å². The SMILES string of the molecule is CSc1c(-c2cc(Br)ccc2F)ccc(-c2c(F)ccc3ccccc23)c1SC. The molecule has 146 valence electrons. The molecule has 5 heteroatoms. The Balaban J connectivity index is 2.03. The summed E-state index contributed by atoms with van der Waals surface area (Å²) < 4.78 is 30.4. The number of hydrogen-bond donors (Lipinski definition) is 0. The number of thioether (sulfide) groups is 2. The molecule has 0 spiro atoms. The van der Waals surface area contributed by atoms with Gasteiger partial charge in [0, 0.05) is 25.4 Å². The molecule has 4 aromatic carbocycles. The van der Waals surface area contributed by atoms with Gasteiger partial charge in [0.05, 0.1) is 0 Å². The molecule has 0 aliphatic heterocycles. The van der Waals surface area contributed by atoms with Gasteiger partial charge in [-0.1, -0.05) is 58.4 Å². The Bertz CT molecular complexity index is 1220. The molecule has 0 nitrogen and oxygen atoms in total. The van der Waals surface area contributed by atoms with Crippen molar-refractivity contribution in [1.82, 2.24) is 0 Å². The van der Waals surface area contributed by atoms with Crippen molar-refractivity contribution >= 4 is 50.2 Å². The van der Waals surface area contributed by atoms with E-state index in [0.29, 0.717) is 11.1 Å². The standard InChI is InChI=1S/C24H17BrF2S2/c1-28-23-17(19-13-15(25)8-12-20(19)26)9-10-18(24(23)29-2)22-16-6-4-3-5-14(16)7-11-21(22)27/h3-13H,1-2H3. The molecule has 0 fully saturated rings. The number of benzene rings is 4. The third kappa shape index (κ3) is 3.72. The molecule has 0 aromatic heterocycles. The van der Waals surface area contributed by atoms with Crippen LogP contribution in [0.15, 0.2) is 81.0 Å². The second kappa shape index (κ2) is 8.50. The van der Waals surface area contributed by atoms with Gasteiger partial charge in [0.25, 0.3) is 0 Å². The Morgan fingerprint density at radius 1 is 0.690 bits per heavy atom. The molecule has 0 heterocycles. The van der Waals surface area contributed by atoms with Crippen molar-refractivity contribution in [2.45, 2.75) is 9.79 Å². The molecule has 4 rings (SSSR count). The molecule has 29 heavy (non-hydrogen) atoms. The van der Waals surface area contributed by atoms with Gasteiger partial charge in [-0.15, -0.1) is 23.5 Å². The summed E-state index contributed by atoms with van der Waals surface area (Å²) in [5.74, 6) is -0.535. The zero-order valence-electron chi connectivity index (χ0n) is 15.8. The highest BCUT2D eigenvalue weighted by molar-refractivity contribution is 9.10. The molecule has 0 unspecified atom stereocenters. The van der Waals surface area contributed by atoms with Gasteiger partial charge >= 0.3 is 0 Å². The molecule has 0 aliphatic carbocycles. The predicted molar refractivity (Wildman–Crippen MR) is 126 cm³/mol. The second-order valence-corrected chi connectivity index (χ2v) is 9.04. The lowest BCUT2D eigenvalue weighted by atomic mass is 9.95. The van der Waals surface area contributed by atoms with Crippen molar-refractivity contribution in [2.24, 2.45) is 0 Å². The number of rotatable bonds is 4. The molecule has 0 radical (unpaired) electrons. The first-order valence-electron chi connectivity index (χ1n) is 8.93. The summed E-state index contributed by atoms with van der Waals surface area (Å²) in [5.41, 5.74) is 2.76. The Morgan fingerprint density at radius 3 is 2.10 bits per heavy atom. The van der Waals surface area contributed by atoms with Crippen molar-refractivity contribution in [2.75, 3.05) is 12.5 Å². The number of fused-ring (bicyclic) bond motifs is 1. The lowest BCUT2D eigenvalue weighted by Crippen LogP contribution is -1.95. The van der Waals surface area contributed by atoms with E-state index in [0.717, 1.165) is 36.2 Å². The minimum atomic E-state index is -0.278. The fraction of sp³-hybridized carbons (Fsp3) is 0.0833. The van der Waals surface area contributed by atoms with E-state index in [9.17, 15) is 4.39 Å². The van der Waals surface area contributed by atoms with Crippen LogP contribution in [-0.2, 0) is 0 Å². The fourth-order valence-electron chi connectivity index (χ4n) is 3.60. The quantitative estimate of drug-likeness (QED) is 0.264. The van der Waals surface area contributed by atoms with Gasteiger partial charge < -0.3 is 0 Å². The first kappa shape index (κ1) is 20.5. The van der Waals surface area contributed by atoms with Gasteiger partial charge in [-0.25, -0.2) is 8.78 Å². The molecular weight excluding hydrogens is 470 g/mol. The van der Waals surface area contributed by atoms with Gasteiger partial charge in [-0.3, -0.25) is 0 Å². The first-order chi connectivity index (χ1) is 14.0. The summed E-state index contributed by atoms with van der Waals surface area (Å²) in [5, 5.41) is 1.86. The minimum absolute atomic E-state index is 0.257.